The number of nitrogens with zero attached hydrogens (tertiary/aromatic N) is 1. The van der Waals surface area contributed by atoms with E-state index in [9.17, 15) is 4.79 Å². The Morgan fingerprint density at radius 1 is 1.05 bits per heavy atom. The van der Waals surface area contributed by atoms with Gasteiger partial charge in [0.15, 0.2) is 0 Å². The molecule has 2 rings (SSSR count). The van der Waals surface area contributed by atoms with Gasteiger partial charge in [0.1, 0.15) is 0 Å². The summed E-state index contributed by atoms with van der Waals surface area (Å²) in [4.78, 5) is 11.8. The summed E-state index contributed by atoms with van der Waals surface area (Å²) in [6.07, 6.45) is 9.73. The lowest BCUT2D eigenvalue weighted by molar-refractivity contribution is -0.120. The summed E-state index contributed by atoms with van der Waals surface area (Å²) in [7, 11) is 0. The van der Waals surface area contributed by atoms with Crippen LogP contribution in [0.2, 0.25) is 0 Å². The first-order chi connectivity index (χ1) is 9.34. The number of rotatable bonds is 5. The van der Waals surface area contributed by atoms with Crippen LogP contribution in [0.3, 0.4) is 0 Å². The van der Waals surface area contributed by atoms with Gasteiger partial charge in [-0.25, -0.2) is 0 Å². The summed E-state index contributed by atoms with van der Waals surface area (Å²) in [5, 5.41) is 4.21. The van der Waals surface area contributed by atoms with E-state index in [-0.39, 0.29) is 5.91 Å². The molecule has 1 aliphatic carbocycles. The van der Waals surface area contributed by atoms with Gasteiger partial charge in [-0.3, -0.25) is 10.1 Å². The van der Waals surface area contributed by atoms with E-state index >= 15 is 0 Å². The SMILES string of the molecule is O=C(Cc1ccccc1)[N]CCC1CCCCCC1. The van der Waals surface area contributed by atoms with Crippen molar-refractivity contribution in [1.29, 1.82) is 0 Å². The predicted molar refractivity (Wildman–Crippen MR) is 78.0 cm³/mol. The van der Waals surface area contributed by atoms with Crippen molar-refractivity contribution in [2.45, 2.75) is 51.4 Å². The van der Waals surface area contributed by atoms with E-state index in [0.29, 0.717) is 6.42 Å². The molecule has 1 aromatic rings. The Kier molecular flexibility index (Phi) is 5.93. The molecule has 1 saturated carbocycles. The first-order valence-electron chi connectivity index (χ1n) is 7.59. The molecule has 0 atom stereocenters. The smallest absolute Gasteiger partial charge is 0.245 e. The van der Waals surface area contributed by atoms with E-state index in [1.165, 1.54) is 38.5 Å². The molecule has 2 nitrogen and oxygen atoms in total. The lowest BCUT2D eigenvalue weighted by atomic mass is 9.97. The van der Waals surface area contributed by atoms with Crippen molar-refractivity contribution in [2.24, 2.45) is 5.92 Å². The van der Waals surface area contributed by atoms with Crippen LogP contribution in [-0.4, -0.2) is 12.5 Å². The maximum atomic E-state index is 11.8. The molecule has 1 radical (unpaired) electrons. The van der Waals surface area contributed by atoms with E-state index in [0.717, 1.165) is 24.4 Å². The van der Waals surface area contributed by atoms with Gasteiger partial charge in [0.2, 0.25) is 5.91 Å². The third-order valence-corrected chi connectivity index (χ3v) is 4.00. The number of amides is 1. The van der Waals surface area contributed by atoms with Crippen molar-refractivity contribution >= 4 is 5.91 Å². The van der Waals surface area contributed by atoms with E-state index in [4.69, 9.17) is 0 Å². The zero-order valence-electron chi connectivity index (χ0n) is 11.7. The van der Waals surface area contributed by atoms with Gasteiger partial charge in [0.05, 0.1) is 6.42 Å². The fourth-order valence-electron chi connectivity index (χ4n) is 2.85. The summed E-state index contributed by atoms with van der Waals surface area (Å²) in [6.45, 7) is 0.719. The third-order valence-electron chi connectivity index (χ3n) is 4.00. The standard InChI is InChI=1S/C17H24NO/c19-17(14-16-10-6-3-7-11-16)18-13-12-15-8-4-1-2-5-9-15/h3,6-7,10-11,15H,1-2,4-5,8-9,12-14H2. The minimum absolute atomic E-state index is 0.0276. The van der Waals surface area contributed by atoms with E-state index in [2.05, 4.69) is 5.32 Å². The number of hydrogen-bond acceptors (Lipinski definition) is 1. The second-order valence-electron chi connectivity index (χ2n) is 5.58. The maximum Gasteiger partial charge on any atom is 0.245 e. The zero-order chi connectivity index (χ0) is 13.3. The highest BCUT2D eigenvalue weighted by atomic mass is 16.1. The minimum Gasteiger partial charge on any atom is -0.273 e. The van der Waals surface area contributed by atoms with Crippen LogP contribution in [0.25, 0.3) is 0 Å². The monoisotopic (exact) mass is 258 g/mol. The molecule has 19 heavy (non-hydrogen) atoms. The van der Waals surface area contributed by atoms with Crippen molar-refractivity contribution in [1.82, 2.24) is 5.32 Å². The zero-order valence-corrected chi connectivity index (χ0v) is 11.7. The molecule has 0 spiro atoms. The topological polar surface area (TPSA) is 31.2 Å². The van der Waals surface area contributed by atoms with Gasteiger partial charge < -0.3 is 0 Å². The Morgan fingerprint density at radius 2 is 1.74 bits per heavy atom. The van der Waals surface area contributed by atoms with E-state index in [1.54, 1.807) is 0 Å². The first kappa shape index (κ1) is 14.1. The highest BCUT2D eigenvalue weighted by molar-refractivity contribution is 5.78. The summed E-state index contributed by atoms with van der Waals surface area (Å²) in [5.41, 5.74) is 1.06. The Labute approximate surface area is 116 Å². The average molecular weight is 258 g/mol. The fourth-order valence-corrected chi connectivity index (χ4v) is 2.85. The van der Waals surface area contributed by atoms with Crippen molar-refractivity contribution in [3.63, 3.8) is 0 Å². The molecule has 0 aliphatic heterocycles. The molecule has 0 saturated heterocycles. The first-order valence-corrected chi connectivity index (χ1v) is 7.59. The number of benzene rings is 1. The summed E-state index contributed by atoms with van der Waals surface area (Å²) in [5.74, 6) is 0.829. The number of carbonyl (C=O) groups excluding carboxylic acids is 1. The quantitative estimate of drug-likeness (QED) is 0.740. The van der Waals surface area contributed by atoms with E-state index < -0.39 is 0 Å². The van der Waals surface area contributed by atoms with Gasteiger partial charge in [-0.1, -0.05) is 68.9 Å². The Morgan fingerprint density at radius 3 is 2.42 bits per heavy atom. The van der Waals surface area contributed by atoms with Gasteiger partial charge in [0, 0.05) is 6.54 Å². The number of hydrogen-bond donors (Lipinski definition) is 0. The van der Waals surface area contributed by atoms with Gasteiger partial charge in [-0.05, 0) is 17.9 Å². The van der Waals surface area contributed by atoms with Gasteiger partial charge in [-0.2, -0.15) is 0 Å². The van der Waals surface area contributed by atoms with Crippen molar-refractivity contribution in [3.8, 4) is 0 Å². The molecule has 0 aromatic heterocycles. The second kappa shape index (κ2) is 7.98. The lowest BCUT2D eigenvalue weighted by Crippen LogP contribution is -2.20. The predicted octanol–water partition coefficient (Wildman–Crippen LogP) is 3.72. The Hall–Kier alpha value is -1.31. The molecule has 0 N–H and O–H groups in total. The van der Waals surface area contributed by atoms with Crippen LogP contribution >= 0.6 is 0 Å². The van der Waals surface area contributed by atoms with Crippen LogP contribution in [0.15, 0.2) is 30.3 Å². The second-order valence-corrected chi connectivity index (χ2v) is 5.58. The third kappa shape index (κ3) is 5.46. The average Bonchev–Trinajstić information content (AvgIpc) is 2.68. The molecule has 0 heterocycles. The molecule has 1 aromatic carbocycles. The van der Waals surface area contributed by atoms with Crippen LogP contribution in [0.1, 0.15) is 50.5 Å². The van der Waals surface area contributed by atoms with Crippen molar-refractivity contribution in [3.05, 3.63) is 35.9 Å². The fraction of sp³-hybridized carbons (Fsp3) is 0.588. The summed E-state index contributed by atoms with van der Waals surface area (Å²) >= 11 is 0. The molecule has 0 unspecified atom stereocenters. The van der Waals surface area contributed by atoms with Crippen molar-refractivity contribution < 1.29 is 4.79 Å². The molecule has 1 aliphatic rings. The van der Waals surface area contributed by atoms with E-state index in [1.807, 2.05) is 30.3 Å². The molecule has 1 fully saturated rings. The molecule has 2 heteroatoms. The van der Waals surface area contributed by atoms with Crippen LogP contribution in [0, 0.1) is 5.92 Å². The Bertz CT molecular complexity index is 366. The molecule has 1 amide bonds. The molecule has 0 bridgehead atoms. The van der Waals surface area contributed by atoms with Crippen LogP contribution in [-0.2, 0) is 11.2 Å². The summed E-state index contributed by atoms with van der Waals surface area (Å²) < 4.78 is 0. The van der Waals surface area contributed by atoms with Gasteiger partial charge in [-0.15, -0.1) is 0 Å². The molecule has 103 valence electrons. The minimum atomic E-state index is 0.0276. The maximum absolute atomic E-state index is 11.8. The highest BCUT2D eigenvalue weighted by Crippen LogP contribution is 2.24. The normalized spacial score (nSPS) is 16.8. The highest BCUT2D eigenvalue weighted by Gasteiger charge is 2.13. The molecular formula is C17H24NO. The van der Waals surface area contributed by atoms with Gasteiger partial charge >= 0.3 is 0 Å². The molecular weight excluding hydrogens is 234 g/mol. The lowest BCUT2D eigenvalue weighted by Gasteiger charge is -2.12. The van der Waals surface area contributed by atoms with Crippen LogP contribution < -0.4 is 5.32 Å². The Balaban J connectivity index is 1.63. The van der Waals surface area contributed by atoms with Crippen LogP contribution in [0.4, 0.5) is 0 Å². The van der Waals surface area contributed by atoms with Crippen LogP contribution in [0.5, 0.6) is 0 Å². The number of carbonyl (C=O) groups is 1. The van der Waals surface area contributed by atoms with Crippen molar-refractivity contribution in [2.75, 3.05) is 6.54 Å². The summed E-state index contributed by atoms with van der Waals surface area (Å²) in [6, 6.07) is 9.87. The largest absolute Gasteiger partial charge is 0.273 e. The van der Waals surface area contributed by atoms with Gasteiger partial charge in [0.25, 0.3) is 0 Å².